The van der Waals surface area contributed by atoms with Crippen molar-refractivity contribution in [2.45, 2.75) is 33.1 Å². The van der Waals surface area contributed by atoms with E-state index in [4.69, 9.17) is 5.26 Å². The summed E-state index contributed by atoms with van der Waals surface area (Å²) in [5.74, 6) is 0.199. The molecule has 0 bridgehead atoms. The van der Waals surface area contributed by atoms with Gasteiger partial charge >= 0.3 is 0 Å². The molecule has 1 aliphatic carbocycles. The molecular weight excluding hydrogens is 188 g/mol. The standard InChI is InChI=1S/C12H18N2O/c1-12(2)8-10(7-11(15)9-12)14(3)6-4-5-13/h7H,4,6,8-9H2,1-3H3. The van der Waals surface area contributed by atoms with Crippen molar-refractivity contribution in [3.63, 3.8) is 0 Å². The van der Waals surface area contributed by atoms with Gasteiger partial charge in [0.05, 0.1) is 12.5 Å². The summed E-state index contributed by atoms with van der Waals surface area (Å²) >= 11 is 0. The SMILES string of the molecule is CN(CCC#N)C1=CC(=O)CC(C)(C)C1. The van der Waals surface area contributed by atoms with Crippen LogP contribution in [0.2, 0.25) is 0 Å². The fourth-order valence-electron chi connectivity index (χ4n) is 1.92. The van der Waals surface area contributed by atoms with Gasteiger partial charge in [-0.15, -0.1) is 0 Å². The second kappa shape index (κ2) is 4.48. The van der Waals surface area contributed by atoms with E-state index in [0.717, 1.165) is 12.1 Å². The molecule has 0 amide bonds. The molecule has 0 radical (unpaired) electrons. The molecule has 0 aromatic heterocycles. The topological polar surface area (TPSA) is 44.1 Å². The molecule has 15 heavy (non-hydrogen) atoms. The summed E-state index contributed by atoms with van der Waals surface area (Å²) in [6.45, 7) is 4.91. The monoisotopic (exact) mass is 206 g/mol. The number of nitrogens with zero attached hydrogens (tertiary/aromatic N) is 2. The molecule has 1 rings (SSSR count). The van der Waals surface area contributed by atoms with Crippen molar-refractivity contribution in [3.8, 4) is 6.07 Å². The molecule has 0 N–H and O–H groups in total. The molecule has 0 saturated carbocycles. The molecule has 0 aromatic carbocycles. The minimum absolute atomic E-state index is 0.0576. The van der Waals surface area contributed by atoms with Crippen molar-refractivity contribution >= 4 is 5.78 Å². The molecule has 0 fully saturated rings. The zero-order valence-corrected chi connectivity index (χ0v) is 9.71. The van der Waals surface area contributed by atoms with E-state index in [2.05, 4.69) is 19.9 Å². The van der Waals surface area contributed by atoms with Crippen molar-refractivity contribution in [2.75, 3.05) is 13.6 Å². The van der Waals surface area contributed by atoms with E-state index >= 15 is 0 Å². The Balaban J connectivity index is 2.69. The Morgan fingerprint density at radius 1 is 1.53 bits per heavy atom. The predicted molar refractivity (Wildman–Crippen MR) is 59.0 cm³/mol. The summed E-state index contributed by atoms with van der Waals surface area (Å²) in [7, 11) is 1.94. The maximum absolute atomic E-state index is 11.5. The zero-order valence-electron chi connectivity index (χ0n) is 9.71. The van der Waals surface area contributed by atoms with Crippen molar-refractivity contribution in [1.82, 2.24) is 4.90 Å². The van der Waals surface area contributed by atoms with Crippen LogP contribution >= 0.6 is 0 Å². The third-order valence-corrected chi connectivity index (χ3v) is 2.69. The first kappa shape index (κ1) is 11.8. The highest BCUT2D eigenvalue weighted by atomic mass is 16.1. The van der Waals surface area contributed by atoms with Gasteiger partial charge in [-0.25, -0.2) is 0 Å². The summed E-state index contributed by atoms with van der Waals surface area (Å²) in [6, 6.07) is 2.12. The minimum Gasteiger partial charge on any atom is -0.377 e. The van der Waals surface area contributed by atoms with Crippen molar-refractivity contribution < 1.29 is 4.79 Å². The lowest BCUT2D eigenvalue weighted by Crippen LogP contribution is -2.29. The van der Waals surface area contributed by atoms with Crippen LogP contribution in [0.1, 0.15) is 33.1 Å². The molecule has 3 heteroatoms. The quantitative estimate of drug-likeness (QED) is 0.710. The van der Waals surface area contributed by atoms with E-state index < -0.39 is 0 Å². The second-order valence-electron chi connectivity index (χ2n) is 4.95. The number of hydrogen-bond donors (Lipinski definition) is 0. The molecule has 0 aliphatic heterocycles. The van der Waals surface area contributed by atoms with Gasteiger partial charge in [0.1, 0.15) is 0 Å². The van der Waals surface area contributed by atoms with Crippen LogP contribution in [0.3, 0.4) is 0 Å². The molecule has 82 valence electrons. The molecule has 0 aromatic rings. The van der Waals surface area contributed by atoms with E-state index in [-0.39, 0.29) is 11.2 Å². The number of hydrogen-bond acceptors (Lipinski definition) is 3. The lowest BCUT2D eigenvalue weighted by Gasteiger charge is -2.33. The van der Waals surface area contributed by atoms with Gasteiger partial charge in [-0.1, -0.05) is 13.8 Å². The molecule has 1 aliphatic rings. The Labute approximate surface area is 91.4 Å². The first-order chi connectivity index (χ1) is 6.94. The van der Waals surface area contributed by atoms with E-state index in [1.807, 2.05) is 11.9 Å². The van der Waals surface area contributed by atoms with Gasteiger partial charge in [0.15, 0.2) is 5.78 Å². The predicted octanol–water partition coefficient (Wildman–Crippen LogP) is 2.10. The molecular formula is C12H18N2O. The smallest absolute Gasteiger partial charge is 0.157 e. The zero-order chi connectivity index (χ0) is 11.5. The maximum Gasteiger partial charge on any atom is 0.157 e. The van der Waals surface area contributed by atoms with E-state index in [0.29, 0.717) is 19.4 Å². The first-order valence-corrected chi connectivity index (χ1v) is 5.26. The lowest BCUT2D eigenvalue weighted by molar-refractivity contribution is -0.117. The van der Waals surface area contributed by atoms with E-state index in [9.17, 15) is 4.79 Å². The van der Waals surface area contributed by atoms with Crippen LogP contribution < -0.4 is 0 Å². The van der Waals surface area contributed by atoms with Crippen LogP contribution in [0.5, 0.6) is 0 Å². The van der Waals surface area contributed by atoms with Crippen LogP contribution in [0, 0.1) is 16.7 Å². The van der Waals surface area contributed by atoms with E-state index in [1.165, 1.54) is 0 Å². The van der Waals surface area contributed by atoms with Crippen LogP contribution in [-0.2, 0) is 4.79 Å². The summed E-state index contributed by atoms with van der Waals surface area (Å²) in [5.41, 5.74) is 1.12. The lowest BCUT2D eigenvalue weighted by atomic mass is 9.78. The fourth-order valence-corrected chi connectivity index (χ4v) is 1.92. The van der Waals surface area contributed by atoms with E-state index in [1.54, 1.807) is 6.08 Å². The molecule has 0 saturated heterocycles. The van der Waals surface area contributed by atoms with Crippen LogP contribution in [0.4, 0.5) is 0 Å². The molecule has 0 atom stereocenters. The number of nitriles is 1. The largest absolute Gasteiger partial charge is 0.377 e. The van der Waals surface area contributed by atoms with Crippen LogP contribution in [0.15, 0.2) is 11.8 Å². The number of rotatable bonds is 3. The fraction of sp³-hybridized carbons (Fsp3) is 0.667. The van der Waals surface area contributed by atoms with Gasteiger partial charge in [-0.05, 0) is 11.8 Å². The van der Waals surface area contributed by atoms with Gasteiger partial charge in [-0.3, -0.25) is 4.79 Å². The average Bonchev–Trinajstić information content (AvgIpc) is 2.10. The van der Waals surface area contributed by atoms with Crippen molar-refractivity contribution in [2.24, 2.45) is 5.41 Å². The molecule has 3 nitrogen and oxygen atoms in total. The number of carbonyl (C=O) groups excluding carboxylic acids is 1. The summed E-state index contributed by atoms with van der Waals surface area (Å²) in [5, 5.41) is 8.51. The van der Waals surface area contributed by atoms with Crippen molar-refractivity contribution in [1.29, 1.82) is 5.26 Å². The Hall–Kier alpha value is -1.30. The Morgan fingerprint density at radius 2 is 2.20 bits per heavy atom. The minimum atomic E-state index is 0.0576. The number of ketones is 1. The van der Waals surface area contributed by atoms with Gasteiger partial charge in [0, 0.05) is 31.8 Å². The van der Waals surface area contributed by atoms with Crippen molar-refractivity contribution in [3.05, 3.63) is 11.8 Å². The van der Waals surface area contributed by atoms with Gasteiger partial charge < -0.3 is 4.90 Å². The average molecular weight is 206 g/mol. The second-order valence-corrected chi connectivity index (χ2v) is 4.95. The maximum atomic E-state index is 11.5. The Morgan fingerprint density at radius 3 is 2.73 bits per heavy atom. The van der Waals surface area contributed by atoms with Gasteiger partial charge in [-0.2, -0.15) is 5.26 Å². The highest BCUT2D eigenvalue weighted by Gasteiger charge is 2.28. The summed E-state index contributed by atoms with van der Waals surface area (Å²) in [4.78, 5) is 13.5. The Kier molecular flexibility index (Phi) is 3.52. The summed E-state index contributed by atoms with van der Waals surface area (Å²) in [6.07, 6.45) is 3.77. The number of allylic oxidation sites excluding steroid dienone is 2. The third-order valence-electron chi connectivity index (χ3n) is 2.69. The van der Waals surface area contributed by atoms with Gasteiger partial charge in [0.25, 0.3) is 0 Å². The normalized spacial score (nSPS) is 19.3. The highest BCUT2D eigenvalue weighted by Crippen LogP contribution is 2.34. The Bertz CT molecular complexity index is 323. The summed E-state index contributed by atoms with van der Waals surface area (Å²) < 4.78 is 0. The highest BCUT2D eigenvalue weighted by molar-refractivity contribution is 5.91. The molecule has 0 unspecified atom stereocenters. The first-order valence-electron chi connectivity index (χ1n) is 5.26. The van der Waals surface area contributed by atoms with Crippen LogP contribution in [0.25, 0.3) is 0 Å². The molecule has 0 heterocycles. The molecule has 0 spiro atoms. The van der Waals surface area contributed by atoms with Gasteiger partial charge in [0.2, 0.25) is 0 Å². The number of carbonyl (C=O) groups is 1. The van der Waals surface area contributed by atoms with Crippen LogP contribution in [-0.4, -0.2) is 24.3 Å². The third kappa shape index (κ3) is 3.39.